The fourth-order valence-corrected chi connectivity index (χ4v) is 3.31. The molecule has 0 aromatic carbocycles. The van der Waals surface area contributed by atoms with Crippen molar-refractivity contribution in [2.24, 2.45) is 18.9 Å². The zero-order chi connectivity index (χ0) is 12.3. The van der Waals surface area contributed by atoms with Gasteiger partial charge >= 0.3 is 0 Å². The predicted octanol–water partition coefficient (Wildman–Crippen LogP) is 2.55. The predicted molar refractivity (Wildman–Crippen MR) is 71.0 cm³/mol. The Hall–Kier alpha value is -0.830. The summed E-state index contributed by atoms with van der Waals surface area (Å²) in [5, 5.41) is 7.69. The number of hydrogen-bond donors (Lipinski definition) is 1. The van der Waals surface area contributed by atoms with Crippen LogP contribution in [0, 0.1) is 11.8 Å². The fourth-order valence-electron chi connectivity index (χ4n) is 3.31. The number of nitrogens with zero attached hydrogens (tertiary/aromatic N) is 2. The first-order valence-corrected chi connectivity index (χ1v) is 6.88. The lowest BCUT2D eigenvalue weighted by molar-refractivity contribution is 0.221. The molecule has 2 rings (SSSR count). The highest BCUT2D eigenvalue weighted by molar-refractivity contribution is 5.11. The Morgan fingerprint density at radius 3 is 2.88 bits per heavy atom. The van der Waals surface area contributed by atoms with Crippen molar-refractivity contribution in [1.82, 2.24) is 15.1 Å². The maximum Gasteiger partial charge on any atom is 0.0492 e. The summed E-state index contributed by atoms with van der Waals surface area (Å²) in [6.07, 6.45) is 7.34. The van der Waals surface area contributed by atoms with Gasteiger partial charge in [0.15, 0.2) is 0 Å². The van der Waals surface area contributed by atoms with E-state index in [2.05, 4.69) is 42.2 Å². The molecule has 1 saturated carbocycles. The van der Waals surface area contributed by atoms with Crippen LogP contribution in [0.1, 0.15) is 44.2 Å². The first-order chi connectivity index (χ1) is 8.26. The van der Waals surface area contributed by atoms with E-state index in [-0.39, 0.29) is 0 Å². The normalized spacial score (nSPS) is 29.5. The van der Waals surface area contributed by atoms with Crippen molar-refractivity contribution < 1.29 is 0 Å². The highest BCUT2D eigenvalue weighted by Gasteiger charge is 2.31. The second kappa shape index (κ2) is 5.67. The van der Waals surface area contributed by atoms with Gasteiger partial charge in [0.05, 0.1) is 0 Å². The van der Waals surface area contributed by atoms with Gasteiger partial charge in [-0.25, -0.2) is 0 Å². The molecule has 0 spiro atoms. The monoisotopic (exact) mass is 235 g/mol. The third kappa shape index (κ3) is 2.71. The molecule has 1 N–H and O–H groups in total. The summed E-state index contributed by atoms with van der Waals surface area (Å²) in [5.41, 5.74) is 1.42. The molecular formula is C14H25N3. The minimum atomic E-state index is 0.689. The van der Waals surface area contributed by atoms with Gasteiger partial charge in [-0.15, -0.1) is 0 Å². The topological polar surface area (TPSA) is 29.9 Å². The number of hydrogen-bond acceptors (Lipinski definition) is 2. The lowest BCUT2D eigenvalue weighted by Crippen LogP contribution is -2.31. The molecule has 17 heavy (non-hydrogen) atoms. The Bertz CT molecular complexity index is 345. The molecule has 1 aromatic heterocycles. The Balaban J connectivity index is 2.16. The Morgan fingerprint density at radius 1 is 1.47 bits per heavy atom. The van der Waals surface area contributed by atoms with Gasteiger partial charge in [-0.05, 0) is 44.3 Å². The van der Waals surface area contributed by atoms with E-state index in [0.717, 1.165) is 18.4 Å². The lowest BCUT2D eigenvalue weighted by atomic mass is 9.72. The number of aryl methyl sites for hydroxylation is 1. The minimum Gasteiger partial charge on any atom is -0.319 e. The summed E-state index contributed by atoms with van der Waals surface area (Å²) >= 11 is 0. The van der Waals surface area contributed by atoms with Crippen LogP contribution in [0.25, 0.3) is 0 Å². The van der Waals surface area contributed by atoms with Gasteiger partial charge in [0.2, 0.25) is 0 Å². The number of nitrogens with one attached hydrogen (secondary N) is 1. The van der Waals surface area contributed by atoms with Crippen LogP contribution in [0.4, 0.5) is 0 Å². The van der Waals surface area contributed by atoms with Crippen LogP contribution < -0.4 is 5.32 Å². The maximum atomic E-state index is 4.33. The third-order valence-corrected chi connectivity index (χ3v) is 4.38. The van der Waals surface area contributed by atoms with E-state index in [1.807, 2.05) is 6.20 Å². The van der Waals surface area contributed by atoms with Gasteiger partial charge in [-0.1, -0.05) is 19.8 Å². The van der Waals surface area contributed by atoms with E-state index >= 15 is 0 Å². The highest BCUT2D eigenvalue weighted by atomic mass is 15.3. The van der Waals surface area contributed by atoms with Crippen molar-refractivity contribution in [3.63, 3.8) is 0 Å². The second-order valence-corrected chi connectivity index (χ2v) is 5.39. The van der Waals surface area contributed by atoms with Crippen LogP contribution in [0.3, 0.4) is 0 Å². The quantitative estimate of drug-likeness (QED) is 0.869. The van der Waals surface area contributed by atoms with E-state index in [9.17, 15) is 0 Å². The van der Waals surface area contributed by atoms with Crippen molar-refractivity contribution in [2.45, 2.75) is 38.5 Å². The molecule has 1 aliphatic carbocycles. The summed E-state index contributed by atoms with van der Waals surface area (Å²) in [7, 11) is 4.13. The van der Waals surface area contributed by atoms with E-state index in [1.165, 1.54) is 31.4 Å². The SMILES string of the molecule is CCC1CCC(CNC)C(c2ccnn2C)C1. The smallest absolute Gasteiger partial charge is 0.0492 e. The van der Waals surface area contributed by atoms with Crippen molar-refractivity contribution in [3.8, 4) is 0 Å². The molecule has 96 valence electrons. The summed E-state index contributed by atoms with van der Waals surface area (Å²) in [6, 6.07) is 2.20. The molecule has 3 nitrogen and oxygen atoms in total. The number of rotatable bonds is 4. The second-order valence-electron chi connectivity index (χ2n) is 5.39. The summed E-state index contributed by atoms with van der Waals surface area (Å²) in [4.78, 5) is 0. The Kier molecular flexibility index (Phi) is 4.21. The zero-order valence-corrected chi connectivity index (χ0v) is 11.3. The van der Waals surface area contributed by atoms with Crippen molar-refractivity contribution in [2.75, 3.05) is 13.6 Å². The molecule has 0 saturated heterocycles. The Morgan fingerprint density at radius 2 is 2.29 bits per heavy atom. The molecule has 0 radical (unpaired) electrons. The van der Waals surface area contributed by atoms with Crippen LogP contribution >= 0.6 is 0 Å². The molecule has 3 atom stereocenters. The highest BCUT2D eigenvalue weighted by Crippen LogP contribution is 2.41. The zero-order valence-electron chi connectivity index (χ0n) is 11.3. The molecular weight excluding hydrogens is 210 g/mol. The minimum absolute atomic E-state index is 0.689. The van der Waals surface area contributed by atoms with Gasteiger partial charge in [0.25, 0.3) is 0 Å². The number of aromatic nitrogens is 2. The summed E-state index contributed by atoms with van der Waals surface area (Å²) in [6.45, 7) is 3.45. The molecule has 1 aliphatic rings. The van der Waals surface area contributed by atoms with Crippen LogP contribution in [0.5, 0.6) is 0 Å². The molecule has 0 bridgehead atoms. The van der Waals surface area contributed by atoms with Crippen LogP contribution in [-0.4, -0.2) is 23.4 Å². The molecule has 0 aliphatic heterocycles. The molecule has 1 fully saturated rings. The average Bonchev–Trinajstić information content (AvgIpc) is 2.76. The van der Waals surface area contributed by atoms with E-state index < -0.39 is 0 Å². The third-order valence-electron chi connectivity index (χ3n) is 4.38. The molecule has 3 unspecified atom stereocenters. The van der Waals surface area contributed by atoms with E-state index in [4.69, 9.17) is 0 Å². The van der Waals surface area contributed by atoms with E-state index in [0.29, 0.717) is 5.92 Å². The van der Waals surface area contributed by atoms with Crippen molar-refractivity contribution >= 4 is 0 Å². The molecule has 0 amide bonds. The molecule has 1 heterocycles. The van der Waals surface area contributed by atoms with Gasteiger partial charge in [-0.2, -0.15) is 5.10 Å². The average molecular weight is 235 g/mol. The fraction of sp³-hybridized carbons (Fsp3) is 0.786. The first-order valence-electron chi connectivity index (χ1n) is 6.88. The van der Waals surface area contributed by atoms with Gasteiger partial charge in [0, 0.05) is 24.9 Å². The largest absolute Gasteiger partial charge is 0.319 e. The lowest BCUT2D eigenvalue weighted by Gasteiger charge is -2.36. The summed E-state index contributed by atoms with van der Waals surface area (Å²) in [5.74, 6) is 2.37. The van der Waals surface area contributed by atoms with E-state index in [1.54, 1.807) is 0 Å². The Labute approximate surface area is 105 Å². The van der Waals surface area contributed by atoms with Gasteiger partial charge < -0.3 is 5.32 Å². The van der Waals surface area contributed by atoms with Crippen LogP contribution in [0.2, 0.25) is 0 Å². The summed E-state index contributed by atoms with van der Waals surface area (Å²) < 4.78 is 2.06. The van der Waals surface area contributed by atoms with Crippen LogP contribution in [0.15, 0.2) is 12.3 Å². The molecule has 3 heteroatoms. The molecule has 1 aromatic rings. The first kappa shape index (κ1) is 12.6. The van der Waals surface area contributed by atoms with Gasteiger partial charge in [0.1, 0.15) is 0 Å². The van der Waals surface area contributed by atoms with Crippen LogP contribution in [-0.2, 0) is 7.05 Å². The maximum absolute atomic E-state index is 4.33. The van der Waals surface area contributed by atoms with Crippen molar-refractivity contribution in [3.05, 3.63) is 18.0 Å². The van der Waals surface area contributed by atoms with Crippen molar-refractivity contribution in [1.29, 1.82) is 0 Å². The van der Waals surface area contributed by atoms with Gasteiger partial charge in [-0.3, -0.25) is 4.68 Å². The standard InChI is InChI=1S/C14H25N3/c1-4-11-5-6-12(10-15-2)13(9-11)14-7-8-16-17(14)3/h7-8,11-13,15H,4-6,9-10H2,1-3H3.